The van der Waals surface area contributed by atoms with Crippen LogP contribution in [-0.2, 0) is 14.9 Å². The zero-order valence-corrected chi connectivity index (χ0v) is 9.07. The van der Waals surface area contributed by atoms with E-state index in [0.29, 0.717) is 0 Å². The first kappa shape index (κ1) is 12.2. The van der Waals surface area contributed by atoms with Crippen molar-refractivity contribution in [1.29, 1.82) is 0 Å². The third-order valence-corrected chi connectivity index (χ3v) is 3.60. The van der Waals surface area contributed by atoms with Gasteiger partial charge >= 0.3 is 0 Å². The van der Waals surface area contributed by atoms with E-state index in [0.717, 1.165) is 0 Å². The van der Waals surface area contributed by atoms with Gasteiger partial charge in [-0.1, -0.05) is 5.16 Å². The first-order chi connectivity index (χ1) is 7.01. The Morgan fingerprint density at radius 1 is 1.73 bits per heavy atom. The highest BCUT2D eigenvalue weighted by atomic mass is 32.2. The zero-order chi connectivity index (χ0) is 11.5. The van der Waals surface area contributed by atoms with Gasteiger partial charge < -0.3 is 15.7 Å². The Hall–Kier alpha value is -0.900. The molecule has 0 amide bonds. The summed E-state index contributed by atoms with van der Waals surface area (Å²) < 4.78 is 31.4. The van der Waals surface area contributed by atoms with Crippen LogP contribution < -0.4 is 10.5 Å². The average Bonchev–Trinajstić information content (AvgIpc) is 2.28. The van der Waals surface area contributed by atoms with Crippen molar-refractivity contribution in [2.75, 3.05) is 26.7 Å². The Morgan fingerprint density at radius 2 is 2.40 bits per heavy atom. The van der Waals surface area contributed by atoms with Crippen molar-refractivity contribution in [2.24, 2.45) is 10.9 Å². The first-order valence-electron chi connectivity index (χ1n) is 4.29. The van der Waals surface area contributed by atoms with Crippen molar-refractivity contribution in [2.45, 2.75) is 6.10 Å². The number of hydrogen-bond acceptors (Lipinski definition) is 5. The molecule has 9 heteroatoms. The van der Waals surface area contributed by atoms with Gasteiger partial charge in [0.15, 0.2) is 5.84 Å². The maximum Gasteiger partial charge on any atom is 0.279 e. The Balaban J connectivity index is 2.73. The number of morpholine rings is 1. The molecule has 0 saturated carbocycles. The normalized spacial score (nSPS) is 25.4. The number of ether oxygens (including phenoxy) is 1. The van der Waals surface area contributed by atoms with Crippen LogP contribution in [0, 0.1) is 0 Å². The zero-order valence-electron chi connectivity index (χ0n) is 8.25. The first-order valence-corrected chi connectivity index (χ1v) is 5.73. The summed E-state index contributed by atoms with van der Waals surface area (Å²) in [5.74, 6) is -0.133. The van der Waals surface area contributed by atoms with Crippen molar-refractivity contribution in [3.63, 3.8) is 0 Å². The molecule has 1 fully saturated rings. The predicted molar refractivity (Wildman–Crippen MR) is 52.7 cm³/mol. The van der Waals surface area contributed by atoms with Gasteiger partial charge in [-0.15, -0.1) is 0 Å². The summed E-state index contributed by atoms with van der Waals surface area (Å²) in [6, 6.07) is 0. The summed E-state index contributed by atoms with van der Waals surface area (Å²) in [7, 11) is -2.16. The van der Waals surface area contributed by atoms with Crippen molar-refractivity contribution in [3.8, 4) is 0 Å². The summed E-state index contributed by atoms with van der Waals surface area (Å²) in [5.41, 5.74) is 5.33. The SMILES string of the molecule is CNS(=O)(=O)N1CCOC(C(N)=NO)C1. The summed E-state index contributed by atoms with van der Waals surface area (Å²) in [6.45, 7) is 0.499. The fraction of sp³-hybridized carbons (Fsp3) is 0.833. The van der Waals surface area contributed by atoms with Crippen LogP contribution in [-0.4, -0.2) is 56.6 Å². The van der Waals surface area contributed by atoms with Crippen LogP contribution in [0.4, 0.5) is 0 Å². The van der Waals surface area contributed by atoms with Gasteiger partial charge in [0.2, 0.25) is 0 Å². The summed E-state index contributed by atoms with van der Waals surface area (Å²) in [4.78, 5) is 0. The lowest BCUT2D eigenvalue weighted by Crippen LogP contribution is -2.52. The van der Waals surface area contributed by atoms with E-state index < -0.39 is 16.3 Å². The molecule has 0 bridgehead atoms. The third kappa shape index (κ3) is 2.78. The molecule has 0 aromatic heterocycles. The quantitative estimate of drug-likeness (QED) is 0.225. The number of hydrogen-bond donors (Lipinski definition) is 3. The predicted octanol–water partition coefficient (Wildman–Crippen LogP) is -2.10. The fourth-order valence-electron chi connectivity index (χ4n) is 1.22. The van der Waals surface area contributed by atoms with E-state index in [4.69, 9.17) is 15.7 Å². The molecule has 1 aliphatic rings. The van der Waals surface area contributed by atoms with Crippen LogP contribution in [0.5, 0.6) is 0 Å². The van der Waals surface area contributed by atoms with E-state index in [-0.39, 0.29) is 25.5 Å². The minimum absolute atomic E-state index is 0.0407. The van der Waals surface area contributed by atoms with Gasteiger partial charge in [-0.25, -0.2) is 4.72 Å². The molecule has 0 aromatic carbocycles. The molecule has 1 unspecified atom stereocenters. The standard InChI is InChI=1S/C6H14N4O4S/c1-8-15(12,13)10-2-3-14-5(4-10)6(7)9-11/h5,8,11H,2-4H2,1H3,(H2,7,9). The molecule has 88 valence electrons. The smallest absolute Gasteiger partial charge is 0.279 e. The fourth-order valence-corrected chi connectivity index (χ4v) is 2.12. The van der Waals surface area contributed by atoms with Gasteiger partial charge in [-0.3, -0.25) is 0 Å². The molecule has 0 aliphatic carbocycles. The van der Waals surface area contributed by atoms with E-state index in [1.54, 1.807) is 0 Å². The van der Waals surface area contributed by atoms with Crippen LogP contribution in [0.3, 0.4) is 0 Å². The molecule has 15 heavy (non-hydrogen) atoms. The lowest BCUT2D eigenvalue weighted by molar-refractivity contribution is 0.0351. The molecule has 1 rings (SSSR count). The van der Waals surface area contributed by atoms with Crippen LogP contribution in [0.25, 0.3) is 0 Å². The van der Waals surface area contributed by atoms with Gasteiger partial charge in [0.25, 0.3) is 10.2 Å². The van der Waals surface area contributed by atoms with Gasteiger partial charge in [-0.05, 0) is 0 Å². The van der Waals surface area contributed by atoms with Crippen LogP contribution in [0.15, 0.2) is 5.16 Å². The number of nitrogens with one attached hydrogen (secondary N) is 1. The maximum absolute atomic E-state index is 11.4. The van der Waals surface area contributed by atoms with Crippen LogP contribution in [0.2, 0.25) is 0 Å². The van der Waals surface area contributed by atoms with Crippen LogP contribution >= 0.6 is 0 Å². The highest BCUT2D eigenvalue weighted by Gasteiger charge is 2.30. The van der Waals surface area contributed by atoms with Crippen molar-refractivity contribution in [1.82, 2.24) is 9.03 Å². The van der Waals surface area contributed by atoms with Gasteiger partial charge in [0, 0.05) is 20.1 Å². The largest absolute Gasteiger partial charge is 0.409 e. The minimum atomic E-state index is -3.48. The second-order valence-electron chi connectivity index (χ2n) is 2.95. The molecule has 0 aromatic rings. The Bertz CT molecular complexity index is 341. The van der Waals surface area contributed by atoms with Crippen LogP contribution in [0.1, 0.15) is 0 Å². The lowest BCUT2D eigenvalue weighted by atomic mass is 10.3. The third-order valence-electron chi connectivity index (χ3n) is 2.07. The topological polar surface area (TPSA) is 117 Å². The molecular formula is C6H14N4O4S. The minimum Gasteiger partial charge on any atom is -0.409 e. The Morgan fingerprint density at radius 3 is 2.93 bits per heavy atom. The van der Waals surface area contributed by atoms with E-state index in [9.17, 15) is 8.42 Å². The van der Waals surface area contributed by atoms with E-state index in [1.165, 1.54) is 11.4 Å². The summed E-state index contributed by atoms with van der Waals surface area (Å²) in [6.07, 6.45) is -0.702. The van der Waals surface area contributed by atoms with E-state index in [1.807, 2.05) is 0 Å². The van der Waals surface area contributed by atoms with E-state index in [2.05, 4.69) is 9.88 Å². The maximum atomic E-state index is 11.4. The number of nitrogens with zero attached hydrogens (tertiary/aromatic N) is 2. The lowest BCUT2D eigenvalue weighted by Gasteiger charge is -2.30. The molecule has 8 nitrogen and oxygen atoms in total. The number of nitrogens with two attached hydrogens (primary N) is 1. The number of oxime groups is 1. The van der Waals surface area contributed by atoms with Crippen molar-refractivity contribution < 1.29 is 18.4 Å². The Labute approximate surface area is 87.9 Å². The second kappa shape index (κ2) is 4.75. The van der Waals surface area contributed by atoms with Gasteiger partial charge in [-0.2, -0.15) is 12.7 Å². The second-order valence-corrected chi connectivity index (χ2v) is 4.83. The van der Waals surface area contributed by atoms with E-state index >= 15 is 0 Å². The molecule has 1 aliphatic heterocycles. The van der Waals surface area contributed by atoms with Crippen molar-refractivity contribution in [3.05, 3.63) is 0 Å². The number of rotatable bonds is 3. The molecule has 4 N–H and O–H groups in total. The Kier molecular flexibility index (Phi) is 3.85. The highest BCUT2D eigenvalue weighted by Crippen LogP contribution is 2.08. The summed E-state index contributed by atoms with van der Waals surface area (Å²) >= 11 is 0. The molecule has 1 saturated heterocycles. The molecule has 1 atom stereocenters. The average molecular weight is 238 g/mol. The number of amidine groups is 1. The summed E-state index contributed by atoms with van der Waals surface area (Å²) in [5, 5.41) is 11.2. The van der Waals surface area contributed by atoms with Gasteiger partial charge in [0.1, 0.15) is 6.10 Å². The van der Waals surface area contributed by atoms with Gasteiger partial charge in [0.05, 0.1) is 6.61 Å². The molecule has 1 heterocycles. The molecular weight excluding hydrogens is 224 g/mol. The monoisotopic (exact) mass is 238 g/mol. The highest BCUT2D eigenvalue weighted by molar-refractivity contribution is 7.87. The molecule has 0 spiro atoms. The molecule has 0 radical (unpaired) electrons. The van der Waals surface area contributed by atoms with Crippen molar-refractivity contribution >= 4 is 16.0 Å².